The van der Waals surface area contributed by atoms with Crippen molar-refractivity contribution in [2.45, 2.75) is 4.90 Å². The molecular weight excluding hydrogens is 261 g/mol. The van der Waals surface area contributed by atoms with Gasteiger partial charge < -0.3 is 10.1 Å². The third-order valence-corrected chi connectivity index (χ3v) is 3.76. The Labute approximate surface area is 105 Å². The highest BCUT2D eigenvalue weighted by molar-refractivity contribution is 7.92. The van der Waals surface area contributed by atoms with E-state index in [1.807, 2.05) is 0 Å². The third kappa shape index (κ3) is 4.08. The first-order chi connectivity index (χ1) is 8.47. The molecule has 1 rings (SSSR count). The first-order valence-corrected chi connectivity index (χ1v) is 6.85. The second kappa shape index (κ2) is 6.46. The lowest BCUT2D eigenvalue weighted by Crippen LogP contribution is -2.32. The fourth-order valence-corrected chi connectivity index (χ4v) is 2.54. The minimum Gasteiger partial charge on any atom is -0.383 e. The molecule has 1 aromatic carbocycles. The Hall–Kier alpha value is -1.47. The van der Waals surface area contributed by atoms with Gasteiger partial charge in [-0.2, -0.15) is 0 Å². The van der Waals surface area contributed by atoms with Gasteiger partial charge in [0.05, 0.1) is 6.61 Å². The van der Waals surface area contributed by atoms with Gasteiger partial charge in [0, 0.05) is 13.7 Å². The van der Waals surface area contributed by atoms with E-state index in [0.29, 0.717) is 0 Å². The van der Waals surface area contributed by atoms with Gasteiger partial charge in [-0.25, -0.2) is 12.8 Å². The monoisotopic (exact) mass is 275 g/mol. The molecule has 0 bridgehead atoms. The summed E-state index contributed by atoms with van der Waals surface area (Å²) >= 11 is 0. The molecule has 0 fully saturated rings. The molecule has 7 heteroatoms. The van der Waals surface area contributed by atoms with Crippen molar-refractivity contribution in [1.82, 2.24) is 5.32 Å². The van der Waals surface area contributed by atoms with Crippen molar-refractivity contribution in [3.63, 3.8) is 0 Å². The second-order valence-corrected chi connectivity index (χ2v) is 5.49. The number of carbonyl (C=O) groups excluding carboxylic acids is 1. The van der Waals surface area contributed by atoms with Gasteiger partial charge >= 0.3 is 0 Å². The number of carbonyl (C=O) groups is 1. The van der Waals surface area contributed by atoms with Gasteiger partial charge in [0.25, 0.3) is 0 Å². The third-order valence-electron chi connectivity index (χ3n) is 2.12. The van der Waals surface area contributed by atoms with E-state index in [1.54, 1.807) is 0 Å². The van der Waals surface area contributed by atoms with Crippen LogP contribution in [-0.4, -0.2) is 40.3 Å². The molecule has 100 valence electrons. The standard InChI is InChI=1S/C11H14FNO4S/c1-17-7-6-13-11(14)8-18(15,16)10-5-3-2-4-9(10)12/h2-5H,6-8H2,1H3,(H,13,14). The topological polar surface area (TPSA) is 72.5 Å². The number of sulfone groups is 1. The molecule has 0 aliphatic carbocycles. The summed E-state index contributed by atoms with van der Waals surface area (Å²) in [6.45, 7) is 0.494. The molecular formula is C11H14FNO4S. The van der Waals surface area contributed by atoms with Gasteiger partial charge in [-0.1, -0.05) is 12.1 Å². The number of nitrogens with one attached hydrogen (secondary N) is 1. The highest BCUT2D eigenvalue weighted by atomic mass is 32.2. The first kappa shape index (κ1) is 14.6. The normalized spacial score (nSPS) is 11.2. The van der Waals surface area contributed by atoms with Crippen LogP contribution in [0.25, 0.3) is 0 Å². The van der Waals surface area contributed by atoms with E-state index in [0.717, 1.165) is 12.1 Å². The fraction of sp³-hybridized carbons (Fsp3) is 0.364. The van der Waals surface area contributed by atoms with Crippen LogP contribution in [0.2, 0.25) is 0 Å². The van der Waals surface area contributed by atoms with Crippen LogP contribution in [0, 0.1) is 5.82 Å². The summed E-state index contributed by atoms with van der Waals surface area (Å²) < 4.78 is 41.5. The van der Waals surface area contributed by atoms with Crippen molar-refractivity contribution in [3.05, 3.63) is 30.1 Å². The maximum absolute atomic E-state index is 13.3. The van der Waals surface area contributed by atoms with E-state index < -0.39 is 32.2 Å². The predicted octanol–water partition coefficient (Wildman–Crippen LogP) is 0.362. The summed E-state index contributed by atoms with van der Waals surface area (Å²) in [5.41, 5.74) is 0. The second-order valence-electron chi connectivity index (χ2n) is 3.53. The summed E-state index contributed by atoms with van der Waals surface area (Å²) in [6.07, 6.45) is 0. The van der Waals surface area contributed by atoms with Gasteiger partial charge in [0.1, 0.15) is 16.5 Å². The average molecular weight is 275 g/mol. The molecule has 0 spiro atoms. The molecule has 1 N–H and O–H groups in total. The number of hydrogen-bond acceptors (Lipinski definition) is 4. The van der Waals surface area contributed by atoms with Crippen LogP contribution in [0.3, 0.4) is 0 Å². The quantitative estimate of drug-likeness (QED) is 0.761. The van der Waals surface area contributed by atoms with Gasteiger partial charge in [-0.15, -0.1) is 0 Å². The Kier molecular flexibility index (Phi) is 5.24. The van der Waals surface area contributed by atoms with Crippen molar-refractivity contribution in [2.75, 3.05) is 26.0 Å². The van der Waals surface area contributed by atoms with Crippen LogP contribution in [-0.2, 0) is 19.4 Å². The summed E-state index contributed by atoms with van der Waals surface area (Å²) in [6, 6.07) is 4.95. The number of methoxy groups -OCH3 is 1. The van der Waals surface area contributed by atoms with Gasteiger partial charge in [0.15, 0.2) is 9.84 Å². The number of amides is 1. The molecule has 5 nitrogen and oxygen atoms in total. The van der Waals surface area contributed by atoms with Crippen molar-refractivity contribution >= 4 is 15.7 Å². The van der Waals surface area contributed by atoms with Crippen LogP contribution in [0.15, 0.2) is 29.2 Å². The maximum Gasteiger partial charge on any atom is 0.235 e. The number of halogens is 1. The summed E-state index contributed by atoms with van der Waals surface area (Å²) in [5, 5.41) is 2.36. The predicted molar refractivity (Wildman–Crippen MR) is 63.3 cm³/mol. The zero-order chi connectivity index (χ0) is 13.6. The molecule has 1 amide bonds. The zero-order valence-corrected chi connectivity index (χ0v) is 10.7. The smallest absolute Gasteiger partial charge is 0.235 e. The Balaban J connectivity index is 2.71. The van der Waals surface area contributed by atoms with E-state index in [9.17, 15) is 17.6 Å². The van der Waals surface area contributed by atoms with E-state index in [-0.39, 0.29) is 13.2 Å². The van der Waals surface area contributed by atoms with Crippen LogP contribution in [0.5, 0.6) is 0 Å². The molecule has 1 aromatic rings. The van der Waals surface area contributed by atoms with Crippen LogP contribution in [0.4, 0.5) is 4.39 Å². The van der Waals surface area contributed by atoms with Crippen molar-refractivity contribution in [2.24, 2.45) is 0 Å². The molecule has 0 saturated carbocycles. The summed E-state index contributed by atoms with van der Waals surface area (Å²) in [4.78, 5) is 10.9. The fourth-order valence-electron chi connectivity index (χ4n) is 1.29. The molecule has 0 saturated heterocycles. The van der Waals surface area contributed by atoms with Crippen molar-refractivity contribution < 1.29 is 22.3 Å². The number of ether oxygens (including phenoxy) is 1. The molecule has 0 atom stereocenters. The molecule has 0 aromatic heterocycles. The molecule has 0 unspecified atom stereocenters. The van der Waals surface area contributed by atoms with E-state index >= 15 is 0 Å². The largest absolute Gasteiger partial charge is 0.383 e. The lowest BCUT2D eigenvalue weighted by molar-refractivity contribution is -0.118. The zero-order valence-electron chi connectivity index (χ0n) is 9.85. The van der Waals surface area contributed by atoms with Crippen molar-refractivity contribution in [1.29, 1.82) is 0 Å². The minimum absolute atomic E-state index is 0.210. The van der Waals surface area contributed by atoms with Gasteiger partial charge in [-0.05, 0) is 12.1 Å². The van der Waals surface area contributed by atoms with E-state index in [2.05, 4.69) is 5.32 Å². The Morgan fingerprint density at radius 1 is 1.39 bits per heavy atom. The van der Waals surface area contributed by atoms with Gasteiger partial charge in [0.2, 0.25) is 5.91 Å². The number of hydrogen-bond donors (Lipinski definition) is 1. The Morgan fingerprint density at radius 3 is 2.67 bits per heavy atom. The van der Waals surface area contributed by atoms with Gasteiger partial charge in [-0.3, -0.25) is 4.79 Å². The number of benzene rings is 1. The lowest BCUT2D eigenvalue weighted by atomic mass is 10.3. The highest BCUT2D eigenvalue weighted by Crippen LogP contribution is 2.14. The van der Waals surface area contributed by atoms with E-state index in [1.165, 1.54) is 19.2 Å². The summed E-state index contributed by atoms with van der Waals surface area (Å²) in [7, 11) is -2.49. The molecule has 18 heavy (non-hydrogen) atoms. The first-order valence-electron chi connectivity index (χ1n) is 5.20. The van der Waals surface area contributed by atoms with Crippen LogP contribution >= 0.6 is 0 Å². The van der Waals surface area contributed by atoms with Crippen molar-refractivity contribution in [3.8, 4) is 0 Å². The number of rotatable bonds is 6. The van der Waals surface area contributed by atoms with Crippen LogP contribution in [0.1, 0.15) is 0 Å². The summed E-state index contributed by atoms with van der Waals surface area (Å²) in [5.74, 6) is -2.32. The minimum atomic E-state index is -3.96. The van der Waals surface area contributed by atoms with Crippen LogP contribution < -0.4 is 5.32 Å². The Bertz CT molecular complexity index is 516. The molecule has 0 heterocycles. The van der Waals surface area contributed by atoms with E-state index in [4.69, 9.17) is 4.74 Å². The molecule has 0 aliphatic rings. The lowest BCUT2D eigenvalue weighted by Gasteiger charge is -2.06. The Morgan fingerprint density at radius 2 is 2.06 bits per heavy atom. The highest BCUT2D eigenvalue weighted by Gasteiger charge is 2.22. The SMILES string of the molecule is COCCNC(=O)CS(=O)(=O)c1ccccc1F. The maximum atomic E-state index is 13.3. The molecule has 0 radical (unpaired) electrons. The molecule has 0 aliphatic heterocycles. The average Bonchev–Trinajstić information content (AvgIpc) is 2.29.